The lowest BCUT2D eigenvalue weighted by Gasteiger charge is -2.38. The third-order valence-electron chi connectivity index (χ3n) is 5.67. The smallest absolute Gasteiger partial charge is 0.226 e. The SMILES string of the molecule is NCc1ccc2c(c1)C1(CCN(C(=O)Cc3cccc(Cl)c3)CC1)CO2. The molecule has 0 aromatic heterocycles. The van der Waals surface area contributed by atoms with E-state index >= 15 is 0 Å². The number of halogens is 1. The molecule has 2 aromatic carbocycles. The van der Waals surface area contributed by atoms with Gasteiger partial charge >= 0.3 is 0 Å². The fourth-order valence-electron chi connectivity index (χ4n) is 4.07. The van der Waals surface area contributed by atoms with Crippen LogP contribution in [0.2, 0.25) is 5.02 Å². The zero-order valence-corrected chi connectivity index (χ0v) is 15.5. The fourth-order valence-corrected chi connectivity index (χ4v) is 4.28. The molecule has 1 fully saturated rings. The van der Waals surface area contributed by atoms with Gasteiger partial charge in [0.1, 0.15) is 5.75 Å². The van der Waals surface area contributed by atoms with E-state index < -0.39 is 0 Å². The summed E-state index contributed by atoms with van der Waals surface area (Å²) in [6, 6.07) is 13.8. The quantitative estimate of drug-likeness (QED) is 0.901. The van der Waals surface area contributed by atoms with Crippen molar-refractivity contribution in [2.75, 3.05) is 19.7 Å². The Labute approximate surface area is 158 Å². The molecule has 4 rings (SSSR count). The van der Waals surface area contributed by atoms with Crippen molar-refractivity contribution in [3.05, 3.63) is 64.2 Å². The van der Waals surface area contributed by atoms with Gasteiger partial charge in [0.05, 0.1) is 13.0 Å². The lowest BCUT2D eigenvalue weighted by Crippen LogP contribution is -2.46. The molecule has 0 saturated carbocycles. The average molecular weight is 371 g/mol. The van der Waals surface area contributed by atoms with Gasteiger partial charge in [-0.15, -0.1) is 0 Å². The van der Waals surface area contributed by atoms with E-state index in [1.54, 1.807) is 0 Å². The Morgan fingerprint density at radius 1 is 1.15 bits per heavy atom. The Morgan fingerprint density at radius 2 is 1.96 bits per heavy atom. The number of nitrogens with two attached hydrogens (primary N) is 1. The minimum absolute atomic E-state index is 0.0212. The van der Waals surface area contributed by atoms with E-state index in [0.717, 1.165) is 42.8 Å². The first kappa shape index (κ1) is 17.4. The Kier molecular flexibility index (Phi) is 4.63. The van der Waals surface area contributed by atoms with Crippen LogP contribution in [0.3, 0.4) is 0 Å². The molecule has 1 spiro atoms. The molecule has 0 unspecified atom stereocenters. The van der Waals surface area contributed by atoms with Gasteiger partial charge in [-0.1, -0.05) is 35.9 Å². The zero-order valence-electron chi connectivity index (χ0n) is 14.7. The molecule has 26 heavy (non-hydrogen) atoms. The number of piperidine rings is 1. The maximum atomic E-state index is 12.7. The second kappa shape index (κ2) is 6.93. The highest BCUT2D eigenvalue weighted by Crippen LogP contribution is 2.45. The summed E-state index contributed by atoms with van der Waals surface area (Å²) >= 11 is 6.02. The number of carbonyl (C=O) groups is 1. The molecule has 0 radical (unpaired) electrons. The Morgan fingerprint density at radius 3 is 2.69 bits per heavy atom. The topological polar surface area (TPSA) is 55.6 Å². The van der Waals surface area contributed by atoms with Gasteiger partial charge in [-0.3, -0.25) is 4.79 Å². The van der Waals surface area contributed by atoms with Crippen molar-refractivity contribution in [3.8, 4) is 5.75 Å². The summed E-state index contributed by atoms with van der Waals surface area (Å²) in [5.74, 6) is 1.14. The molecule has 1 saturated heterocycles. The maximum Gasteiger partial charge on any atom is 0.226 e. The molecule has 0 aliphatic carbocycles. The first-order chi connectivity index (χ1) is 12.6. The molecule has 4 nitrogen and oxygen atoms in total. The number of fused-ring (bicyclic) bond motifs is 2. The van der Waals surface area contributed by atoms with Crippen molar-refractivity contribution < 1.29 is 9.53 Å². The van der Waals surface area contributed by atoms with Gasteiger partial charge in [-0.05, 0) is 42.2 Å². The summed E-state index contributed by atoms with van der Waals surface area (Å²) in [7, 11) is 0. The van der Waals surface area contributed by atoms with Crippen molar-refractivity contribution in [2.45, 2.75) is 31.2 Å². The highest BCUT2D eigenvalue weighted by molar-refractivity contribution is 6.30. The second-order valence-corrected chi connectivity index (χ2v) is 7.73. The predicted molar refractivity (Wildman–Crippen MR) is 102 cm³/mol. The number of rotatable bonds is 3. The third-order valence-corrected chi connectivity index (χ3v) is 5.91. The van der Waals surface area contributed by atoms with E-state index in [2.05, 4.69) is 6.07 Å². The standard InChI is InChI=1S/C21H23ClN2O2/c22-17-3-1-2-15(10-17)12-20(25)24-8-6-21(7-9-24)14-26-19-5-4-16(13-23)11-18(19)21/h1-5,10-11H,6-9,12-14,23H2. The minimum Gasteiger partial charge on any atom is -0.492 e. The lowest BCUT2D eigenvalue weighted by atomic mass is 9.74. The number of amides is 1. The zero-order chi connectivity index (χ0) is 18.1. The Hall–Kier alpha value is -2.04. The van der Waals surface area contributed by atoms with E-state index in [-0.39, 0.29) is 11.3 Å². The van der Waals surface area contributed by atoms with Gasteiger partial charge in [0, 0.05) is 35.6 Å². The molecule has 2 aromatic rings. The predicted octanol–water partition coefficient (Wildman–Crippen LogP) is 3.29. The first-order valence-corrected chi connectivity index (χ1v) is 9.46. The largest absolute Gasteiger partial charge is 0.492 e. The van der Waals surface area contributed by atoms with Crippen molar-refractivity contribution in [1.29, 1.82) is 0 Å². The summed E-state index contributed by atoms with van der Waals surface area (Å²) in [6.07, 6.45) is 2.25. The summed E-state index contributed by atoms with van der Waals surface area (Å²) in [6.45, 7) is 2.75. The average Bonchev–Trinajstić information content (AvgIpc) is 3.00. The van der Waals surface area contributed by atoms with Crippen LogP contribution in [0.5, 0.6) is 5.75 Å². The van der Waals surface area contributed by atoms with Crippen LogP contribution >= 0.6 is 11.6 Å². The van der Waals surface area contributed by atoms with Gasteiger partial charge in [0.2, 0.25) is 5.91 Å². The van der Waals surface area contributed by atoms with Crippen LogP contribution < -0.4 is 10.5 Å². The second-order valence-electron chi connectivity index (χ2n) is 7.29. The third kappa shape index (κ3) is 3.19. The van der Waals surface area contributed by atoms with Crippen LogP contribution in [0.1, 0.15) is 29.5 Å². The molecule has 136 valence electrons. The molecule has 2 N–H and O–H groups in total. The number of benzene rings is 2. The van der Waals surface area contributed by atoms with Gasteiger partial charge in [0.25, 0.3) is 0 Å². The molecule has 2 aliphatic heterocycles. The number of ether oxygens (including phenoxy) is 1. The Balaban J connectivity index is 1.44. The van der Waals surface area contributed by atoms with Gasteiger partial charge in [-0.2, -0.15) is 0 Å². The van der Waals surface area contributed by atoms with E-state index in [1.165, 1.54) is 5.56 Å². The molecule has 5 heteroatoms. The fraction of sp³-hybridized carbons (Fsp3) is 0.381. The van der Waals surface area contributed by atoms with Crippen molar-refractivity contribution >= 4 is 17.5 Å². The normalized spacial score (nSPS) is 17.8. The van der Waals surface area contributed by atoms with E-state index in [1.807, 2.05) is 41.3 Å². The molecule has 2 aliphatic rings. The van der Waals surface area contributed by atoms with Gasteiger partial charge < -0.3 is 15.4 Å². The summed E-state index contributed by atoms with van der Waals surface area (Å²) in [4.78, 5) is 14.6. The molecule has 0 atom stereocenters. The van der Waals surface area contributed by atoms with Crippen LogP contribution in [0.15, 0.2) is 42.5 Å². The highest BCUT2D eigenvalue weighted by Gasteiger charge is 2.43. The molecular formula is C21H23ClN2O2. The molecule has 0 bridgehead atoms. The number of likely N-dealkylation sites (tertiary alicyclic amines) is 1. The summed E-state index contributed by atoms with van der Waals surface area (Å²) in [5.41, 5.74) is 9.19. The first-order valence-electron chi connectivity index (χ1n) is 9.08. The van der Waals surface area contributed by atoms with Crippen molar-refractivity contribution in [3.63, 3.8) is 0 Å². The van der Waals surface area contributed by atoms with Crippen LogP contribution in [-0.4, -0.2) is 30.5 Å². The monoisotopic (exact) mass is 370 g/mol. The van der Waals surface area contributed by atoms with Crippen LogP contribution in [0.25, 0.3) is 0 Å². The number of carbonyl (C=O) groups excluding carboxylic acids is 1. The summed E-state index contributed by atoms with van der Waals surface area (Å²) < 4.78 is 5.94. The molecule has 2 heterocycles. The molecular weight excluding hydrogens is 348 g/mol. The minimum atomic E-state index is 0.0212. The van der Waals surface area contributed by atoms with Crippen molar-refractivity contribution in [2.24, 2.45) is 5.73 Å². The van der Waals surface area contributed by atoms with E-state index in [4.69, 9.17) is 22.1 Å². The van der Waals surface area contributed by atoms with Gasteiger partial charge in [0.15, 0.2) is 0 Å². The Bertz CT molecular complexity index is 829. The van der Waals surface area contributed by atoms with Crippen LogP contribution in [0.4, 0.5) is 0 Å². The van der Waals surface area contributed by atoms with Gasteiger partial charge in [-0.25, -0.2) is 0 Å². The highest BCUT2D eigenvalue weighted by atomic mass is 35.5. The summed E-state index contributed by atoms with van der Waals surface area (Å²) in [5, 5.41) is 0.670. The van der Waals surface area contributed by atoms with Crippen LogP contribution in [-0.2, 0) is 23.2 Å². The number of hydrogen-bond acceptors (Lipinski definition) is 3. The molecule has 1 amide bonds. The van der Waals surface area contributed by atoms with Crippen molar-refractivity contribution in [1.82, 2.24) is 4.90 Å². The lowest BCUT2D eigenvalue weighted by molar-refractivity contribution is -0.132. The van der Waals surface area contributed by atoms with E-state index in [9.17, 15) is 4.79 Å². The van der Waals surface area contributed by atoms with E-state index in [0.29, 0.717) is 24.6 Å². The number of nitrogens with zero attached hydrogens (tertiary/aromatic N) is 1. The maximum absolute atomic E-state index is 12.7. The van der Waals surface area contributed by atoms with Crippen LogP contribution in [0, 0.1) is 0 Å². The number of hydrogen-bond donors (Lipinski definition) is 1.